The number of ether oxygens (including phenoxy) is 1. The summed E-state index contributed by atoms with van der Waals surface area (Å²) in [6, 6.07) is 0. The Morgan fingerprint density at radius 2 is 1.73 bits per heavy atom. The average Bonchev–Trinajstić information content (AvgIpc) is 1.86. The van der Waals surface area contributed by atoms with Crippen LogP contribution in [0.15, 0.2) is 0 Å². The summed E-state index contributed by atoms with van der Waals surface area (Å²) in [6.07, 6.45) is -1.12. The Morgan fingerprint density at radius 3 is 1.73 bits per heavy atom. The van der Waals surface area contributed by atoms with Gasteiger partial charge in [0.25, 0.3) is 5.92 Å². The Hall–Kier alpha value is -0.290. The first-order valence-corrected chi connectivity index (χ1v) is 3.23. The fourth-order valence-electron chi connectivity index (χ4n) is 0.314. The first kappa shape index (κ1) is 10.7. The van der Waals surface area contributed by atoms with Crippen molar-refractivity contribution < 1.29 is 17.9 Å². The molecule has 0 bridgehead atoms. The molecule has 0 aliphatic carbocycles. The Labute approximate surface area is 63.7 Å². The van der Waals surface area contributed by atoms with Crippen molar-refractivity contribution in [1.82, 2.24) is 5.32 Å². The van der Waals surface area contributed by atoms with Gasteiger partial charge in [-0.2, -0.15) is 0 Å². The molecule has 1 N–H and O–H groups in total. The number of methoxy groups -OCH3 is 1. The molecule has 1 fully saturated rings. The molecule has 0 aromatic rings. The second-order valence-electron chi connectivity index (χ2n) is 2.24. The minimum Gasteiger partial charge on any atom is -0.352 e. The minimum absolute atomic E-state index is 0.132. The van der Waals surface area contributed by atoms with Crippen LogP contribution >= 0.6 is 0 Å². The Bertz CT molecular complexity index is 102. The van der Waals surface area contributed by atoms with Gasteiger partial charge in [0.1, 0.15) is 0 Å². The Balaban J connectivity index is 0.000000187. The molecule has 0 aromatic carbocycles. The van der Waals surface area contributed by atoms with E-state index in [-0.39, 0.29) is 13.1 Å². The minimum atomic E-state index is -2.39. The molecular weight excluding hydrogens is 159 g/mol. The Kier molecular flexibility index (Phi) is 4.44. The van der Waals surface area contributed by atoms with E-state index in [9.17, 15) is 13.2 Å². The van der Waals surface area contributed by atoms with E-state index in [1.165, 1.54) is 14.0 Å². The number of hydrogen-bond donors (Lipinski definition) is 1. The van der Waals surface area contributed by atoms with Crippen LogP contribution in [0.25, 0.3) is 0 Å². The van der Waals surface area contributed by atoms with Gasteiger partial charge in [0.2, 0.25) is 0 Å². The van der Waals surface area contributed by atoms with Crippen molar-refractivity contribution in [3.8, 4) is 0 Å². The summed E-state index contributed by atoms with van der Waals surface area (Å²) in [6.45, 7) is 1.07. The third-order valence-corrected chi connectivity index (χ3v) is 1.09. The monoisotopic (exact) mass is 171 g/mol. The van der Waals surface area contributed by atoms with Crippen LogP contribution in [0, 0.1) is 0 Å². The van der Waals surface area contributed by atoms with Gasteiger partial charge < -0.3 is 10.1 Å². The van der Waals surface area contributed by atoms with E-state index in [0.29, 0.717) is 0 Å². The summed E-state index contributed by atoms with van der Waals surface area (Å²) in [4.78, 5) is 0. The van der Waals surface area contributed by atoms with Crippen LogP contribution in [-0.4, -0.2) is 32.5 Å². The topological polar surface area (TPSA) is 21.3 Å². The standard InChI is InChI=1S/C3H5F2N.C3H7FO/c4-3(5)1-6-2-3;1-3(4)5-2/h6H,1-2H2;3H,1-2H3. The molecular formula is C6H12F3NO. The molecule has 1 unspecified atom stereocenters. The predicted molar refractivity (Wildman–Crippen MR) is 35.4 cm³/mol. The van der Waals surface area contributed by atoms with Gasteiger partial charge >= 0.3 is 0 Å². The summed E-state index contributed by atoms with van der Waals surface area (Å²) in [7, 11) is 1.32. The molecule has 2 nitrogen and oxygen atoms in total. The molecule has 0 spiro atoms. The molecule has 0 saturated carbocycles. The third-order valence-electron chi connectivity index (χ3n) is 1.09. The number of hydrogen-bond acceptors (Lipinski definition) is 2. The molecule has 1 atom stereocenters. The van der Waals surface area contributed by atoms with Gasteiger partial charge in [-0.05, 0) is 6.92 Å². The maximum absolute atomic E-state index is 11.5. The van der Waals surface area contributed by atoms with Crippen molar-refractivity contribution in [3.05, 3.63) is 0 Å². The SMILES string of the molecule is COC(C)F.FC1(F)CNC1. The molecule has 11 heavy (non-hydrogen) atoms. The van der Waals surface area contributed by atoms with Crippen LogP contribution in [0.2, 0.25) is 0 Å². The summed E-state index contributed by atoms with van der Waals surface area (Å²) in [5.74, 6) is -2.39. The zero-order valence-electron chi connectivity index (χ0n) is 6.53. The summed E-state index contributed by atoms with van der Waals surface area (Å²) in [5.41, 5.74) is 0. The quantitative estimate of drug-likeness (QED) is 0.639. The normalized spacial score (nSPS) is 22.6. The molecule has 1 aliphatic heterocycles. The molecule has 1 saturated heterocycles. The van der Waals surface area contributed by atoms with Crippen molar-refractivity contribution in [3.63, 3.8) is 0 Å². The van der Waals surface area contributed by atoms with Gasteiger partial charge in [-0.25, -0.2) is 13.2 Å². The van der Waals surface area contributed by atoms with Gasteiger partial charge in [0.15, 0.2) is 6.36 Å². The van der Waals surface area contributed by atoms with Crippen molar-refractivity contribution in [2.45, 2.75) is 19.2 Å². The lowest BCUT2D eigenvalue weighted by Gasteiger charge is -2.25. The molecule has 1 aliphatic rings. The predicted octanol–water partition coefficient (Wildman–Crippen LogP) is 1.17. The number of rotatable bonds is 1. The van der Waals surface area contributed by atoms with Crippen molar-refractivity contribution >= 4 is 0 Å². The first-order valence-electron chi connectivity index (χ1n) is 3.23. The van der Waals surface area contributed by atoms with Gasteiger partial charge in [-0.1, -0.05) is 0 Å². The van der Waals surface area contributed by atoms with Crippen molar-refractivity contribution in [2.75, 3.05) is 20.2 Å². The van der Waals surface area contributed by atoms with Crippen LogP contribution in [0.3, 0.4) is 0 Å². The molecule has 1 rings (SSSR count). The lowest BCUT2D eigenvalue weighted by molar-refractivity contribution is -0.0475. The van der Waals surface area contributed by atoms with Crippen molar-refractivity contribution in [2.24, 2.45) is 0 Å². The maximum atomic E-state index is 11.5. The fourth-order valence-corrected chi connectivity index (χ4v) is 0.314. The van der Waals surface area contributed by atoms with E-state index < -0.39 is 12.3 Å². The molecule has 0 amide bonds. The molecule has 1 heterocycles. The summed E-state index contributed by atoms with van der Waals surface area (Å²) >= 11 is 0. The second kappa shape index (κ2) is 4.56. The van der Waals surface area contributed by atoms with Gasteiger partial charge in [0.05, 0.1) is 13.1 Å². The average molecular weight is 171 g/mol. The highest BCUT2D eigenvalue weighted by molar-refractivity contribution is 4.81. The summed E-state index contributed by atoms with van der Waals surface area (Å²) < 4.78 is 38.2. The lowest BCUT2D eigenvalue weighted by atomic mass is 10.2. The van der Waals surface area contributed by atoms with Crippen LogP contribution in [-0.2, 0) is 4.74 Å². The van der Waals surface area contributed by atoms with E-state index >= 15 is 0 Å². The van der Waals surface area contributed by atoms with E-state index in [4.69, 9.17) is 0 Å². The van der Waals surface area contributed by atoms with E-state index in [1.54, 1.807) is 0 Å². The van der Waals surface area contributed by atoms with E-state index in [0.717, 1.165) is 0 Å². The summed E-state index contributed by atoms with van der Waals surface area (Å²) in [5, 5.41) is 2.45. The highest BCUT2D eigenvalue weighted by atomic mass is 19.3. The van der Waals surface area contributed by atoms with E-state index in [2.05, 4.69) is 10.1 Å². The lowest BCUT2D eigenvalue weighted by Crippen LogP contribution is -2.52. The largest absolute Gasteiger partial charge is 0.352 e. The second-order valence-corrected chi connectivity index (χ2v) is 2.24. The zero-order chi connectivity index (χ0) is 8.91. The molecule has 0 aromatic heterocycles. The van der Waals surface area contributed by atoms with Crippen LogP contribution < -0.4 is 5.32 Å². The van der Waals surface area contributed by atoms with Gasteiger partial charge in [-0.15, -0.1) is 0 Å². The highest BCUT2D eigenvalue weighted by Gasteiger charge is 2.36. The number of alkyl halides is 3. The zero-order valence-corrected chi connectivity index (χ0v) is 6.53. The first-order chi connectivity index (χ1) is 4.98. The van der Waals surface area contributed by atoms with Crippen LogP contribution in [0.1, 0.15) is 6.92 Å². The maximum Gasteiger partial charge on any atom is 0.272 e. The Morgan fingerprint density at radius 1 is 1.45 bits per heavy atom. The van der Waals surface area contributed by atoms with Gasteiger partial charge in [0, 0.05) is 7.11 Å². The van der Waals surface area contributed by atoms with E-state index in [1.807, 2.05) is 0 Å². The highest BCUT2D eigenvalue weighted by Crippen LogP contribution is 2.16. The van der Waals surface area contributed by atoms with Crippen LogP contribution in [0.4, 0.5) is 13.2 Å². The number of halogens is 3. The smallest absolute Gasteiger partial charge is 0.272 e. The number of nitrogens with one attached hydrogen (secondary N) is 1. The molecule has 5 heteroatoms. The van der Waals surface area contributed by atoms with Crippen LogP contribution in [0.5, 0.6) is 0 Å². The van der Waals surface area contributed by atoms with Gasteiger partial charge in [-0.3, -0.25) is 0 Å². The molecule has 0 radical (unpaired) electrons. The van der Waals surface area contributed by atoms with Crippen molar-refractivity contribution in [1.29, 1.82) is 0 Å². The fraction of sp³-hybridized carbons (Fsp3) is 1.00. The molecule has 68 valence electrons. The third kappa shape index (κ3) is 6.12.